The summed E-state index contributed by atoms with van der Waals surface area (Å²) in [7, 11) is 0. The predicted molar refractivity (Wildman–Crippen MR) is 72.3 cm³/mol. The Bertz CT molecular complexity index is 387. The highest BCUT2D eigenvalue weighted by Gasteiger charge is 2.03. The summed E-state index contributed by atoms with van der Waals surface area (Å²) in [6.45, 7) is 3.05. The molecule has 0 radical (unpaired) electrons. The predicted octanol–water partition coefficient (Wildman–Crippen LogP) is 3.77. The molecule has 1 atom stereocenters. The quantitative estimate of drug-likeness (QED) is 0.869. The molecule has 1 rings (SSSR count). The number of rotatable bonds is 5. The van der Waals surface area contributed by atoms with E-state index in [1.54, 1.807) is 18.2 Å². The molecule has 0 fully saturated rings. The fraction of sp³-hybridized carbons (Fsp3) is 0.417. The molecule has 1 aromatic carbocycles. The van der Waals surface area contributed by atoms with Crippen molar-refractivity contribution in [3.05, 3.63) is 28.8 Å². The highest BCUT2D eigenvalue weighted by molar-refractivity contribution is 7.99. The first-order valence-electron chi connectivity index (χ1n) is 5.13. The van der Waals surface area contributed by atoms with Crippen molar-refractivity contribution in [1.29, 1.82) is 5.26 Å². The van der Waals surface area contributed by atoms with Crippen molar-refractivity contribution in [1.82, 2.24) is 0 Å². The van der Waals surface area contributed by atoms with Crippen molar-refractivity contribution < 1.29 is 0 Å². The van der Waals surface area contributed by atoms with Crippen molar-refractivity contribution in [3.63, 3.8) is 0 Å². The van der Waals surface area contributed by atoms with Crippen LogP contribution in [0.2, 0.25) is 5.02 Å². The lowest BCUT2D eigenvalue weighted by Crippen LogP contribution is -2.08. The maximum atomic E-state index is 8.93. The van der Waals surface area contributed by atoms with Crippen molar-refractivity contribution in [2.45, 2.75) is 18.6 Å². The van der Waals surface area contributed by atoms with E-state index in [2.05, 4.69) is 24.6 Å². The van der Waals surface area contributed by atoms with Crippen LogP contribution in [-0.4, -0.2) is 18.1 Å². The number of benzene rings is 1. The summed E-state index contributed by atoms with van der Waals surface area (Å²) < 4.78 is 0. The minimum Gasteiger partial charge on any atom is -0.384 e. The van der Waals surface area contributed by atoms with Crippen LogP contribution >= 0.6 is 23.4 Å². The lowest BCUT2D eigenvalue weighted by atomic mass is 10.2. The van der Waals surface area contributed by atoms with E-state index in [4.69, 9.17) is 16.9 Å². The first kappa shape index (κ1) is 13.2. The number of halogens is 1. The molecule has 0 spiro atoms. The molecule has 0 aliphatic carbocycles. The van der Waals surface area contributed by atoms with Crippen LogP contribution in [-0.2, 0) is 0 Å². The van der Waals surface area contributed by atoms with Crippen molar-refractivity contribution in [2.24, 2.45) is 0 Å². The third kappa shape index (κ3) is 3.96. The molecule has 1 N–H and O–H groups in total. The third-order valence-electron chi connectivity index (χ3n) is 2.37. The van der Waals surface area contributed by atoms with Gasteiger partial charge in [-0.05, 0) is 30.9 Å². The average molecular weight is 255 g/mol. The fourth-order valence-electron chi connectivity index (χ4n) is 1.29. The van der Waals surface area contributed by atoms with Gasteiger partial charge in [-0.1, -0.05) is 18.5 Å². The smallest absolute Gasteiger partial charge is 0.101 e. The van der Waals surface area contributed by atoms with E-state index < -0.39 is 0 Å². The standard InChI is InChI=1S/C12H15ClN2S/c1-9(16-2)5-6-15-12-7-11(13)4-3-10(12)8-14/h3-4,7,9,15H,5-6H2,1-2H3. The first-order valence-corrected chi connectivity index (χ1v) is 6.80. The van der Waals surface area contributed by atoms with Gasteiger partial charge in [-0.15, -0.1) is 0 Å². The summed E-state index contributed by atoms with van der Waals surface area (Å²) in [5, 5.41) is 13.5. The molecule has 1 unspecified atom stereocenters. The van der Waals surface area contributed by atoms with Crippen LogP contribution in [0.1, 0.15) is 18.9 Å². The summed E-state index contributed by atoms with van der Waals surface area (Å²) in [5.41, 5.74) is 1.46. The highest BCUT2D eigenvalue weighted by Crippen LogP contribution is 2.20. The molecule has 0 aliphatic rings. The topological polar surface area (TPSA) is 35.8 Å². The lowest BCUT2D eigenvalue weighted by molar-refractivity contribution is 0.853. The van der Waals surface area contributed by atoms with E-state index in [0.717, 1.165) is 18.7 Å². The summed E-state index contributed by atoms with van der Waals surface area (Å²) in [4.78, 5) is 0. The second-order valence-electron chi connectivity index (χ2n) is 3.56. The van der Waals surface area contributed by atoms with Gasteiger partial charge in [0.25, 0.3) is 0 Å². The minimum atomic E-state index is 0.622. The number of hydrogen-bond donors (Lipinski definition) is 1. The molecule has 0 amide bonds. The molecule has 1 aromatic rings. The van der Waals surface area contributed by atoms with Crippen LogP contribution in [0, 0.1) is 11.3 Å². The average Bonchev–Trinajstić information content (AvgIpc) is 2.29. The molecule has 16 heavy (non-hydrogen) atoms. The molecule has 2 nitrogen and oxygen atoms in total. The Morgan fingerprint density at radius 2 is 2.31 bits per heavy atom. The van der Waals surface area contributed by atoms with Crippen LogP contribution in [0.25, 0.3) is 0 Å². The lowest BCUT2D eigenvalue weighted by Gasteiger charge is -2.11. The Labute approximate surface area is 106 Å². The van der Waals surface area contributed by atoms with Crippen LogP contribution in [0.15, 0.2) is 18.2 Å². The maximum absolute atomic E-state index is 8.93. The Hall–Kier alpha value is -0.850. The molecule has 0 saturated carbocycles. The number of hydrogen-bond acceptors (Lipinski definition) is 3. The third-order valence-corrected chi connectivity index (χ3v) is 3.65. The van der Waals surface area contributed by atoms with E-state index in [1.165, 1.54) is 0 Å². The fourth-order valence-corrected chi connectivity index (χ4v) is 1.81. The van der Waals surface area contributed by atoms with Gasteiger partial charge in [0.15, 0.2) is 0 Å². The molecule has 0 saturated heterocycles. The Morgan fingerprint density at radius 3 is 2.94 bits per heavy atom. The van der Waals surface area contributed by atoms with Gasteiger partial charge in [0.05, 0.1) is 11.3 Å². The summed E-state index contributed by atoms with van der Waals surface area (Å²) in [6, 6.07) is 7.41. The van der Waals surface area contributed by atoms with Gasteiger partial charge in [0.1, 0.15) is 6.07 Å². The van der Waals surface area contributed by atoms with Crippen LogP contribution in [0.4, 0.5) is 5.69 Å². The monoisotopic (exact) mass is 254 g/mol. The Morgan fingerprint density at radius 1 is 1.56 bits per heavy atom. The van der Waals surface area contributed by atoms with E-state index in [-0.39, 0.29) is 0 Å². The molecule has 0 aromatic heterocycles. The molecular formula is C12H15ClN2S. The van der Waals surface area contributed by atoms with E-state index in [1.807, 2.05) is 11.8 Å². The van der Waals surface area contributed by atoms with E-state index >= 15 is 0 Å². The second kappa shape index (κ2) is 6.67. The minimum absolute atomic E-state index is 0.622. The SMILES string of the molecule is CSC(C)CCNc1cc(Cl)ccc1C#N. The first-order chi connectivity index (χ1) is 7.67. The van der Waals surface area contributed by atoms with E-state index in [0.29, 0.717) is 15.8 Å². The van der Waals surface area contributed by atoms with Crippen molar-refractivity contribution in [2.75, 3.05) is 18.1 Å². The number of nitrogens with zero attached hydrogens (tertiary/aromatic N) is 1. The molecule has 4 heteroatoms. The number of thioether (sulfide) groups is 1. The molecule has 86 valence electrons. The number of nitrogens with one attached hydrogen (secondary N) is 1. The largest absolute Gasteiger partial charge is 0.384 e. The van der Waals surface area contributed by atoms with Crippen LogP contribution in [0.5, 0.6) is 0 Å². The second-order valence-corrected chi connectivity index (χ2v) is 5.28. The summed E-state index contributed by atoms with van der Waals surface area (Å²) >= 11 is 7.73. The molecule has 0 heterocycles. The van der Waals surface area contributed by atoms with Gasteiger partial charge in [-0.2, -0.15) is 17.0 Å². The van der Waals surface area contributed by atoms with Gasteiger partial charge in [-0.3, -0.25) is 0 Å². The highest BCUT2D eigenvalue weighted by atomic mass is 35.5. The summed E-state index contributed by atoms with van der Waals surface area (Å²) in [6.07, 6.45) is 3.17. The number of anilines is 1. The van der Waals surface area contributed by atoms with Crippen molar-refractivity contribution >= 4 is 29.1 Å². The zero-order valence-corrected chi connectivity index (χ0v) is 11.0. The van der Waals surface area contributed by atoms with Gasteiger partial charge in [-0.25, -0.2) is 0 Å². The van der Waals surface area contributed by atoms with Crippen molar-refractivity contribution in [3.8, 4) is 6.07 Å². The maximum Gasteiger partial charge on any atom is 0.101 e. The zero-order chi connectivity index (χ0) is 12.0. The van der Waals surface area contributed by atoms with Gasteiger partial charge < -0.3 is 5.32 Å². The molecule has 0 aliphatic heterocycles. The van der Waals surface area contributed by atoms with Crippen LogP contribution in [0.3, 0.4) is 0 Å². The molecular weight excluding hydrogens is 240 g/mol. The normalized spacial score (nSPS) is 11.9. The van der Waals surface area contributed by atoms with Gasteiger partial charge >= 0.3 is 0 Å². The zero-order valence-electron chi connectivity index (χ0n) is 9.46. The number of nitriles is 1. The van der Waals surface area contributed by atoms with Gasteiger partial charge in [0.2, 0.25) is 0 Å². The summed E-state index contributed by atoms with van der Waals surface area (Å²) in [5.74, 6) is 0. The Balaban J connectivity index is 2.59. The molecule has 0 bridgehead atoms. The van der Waals surface area contributed by atoms with Crippen LogP contribution < -0.4 is 5.32 Å². The van der Waals surface area contributed by atoms with E-state index in [9.17, 15) is 0 Å². The Kier molecular flexibility index (Phi) is 5.51. The van der Waals surface area contributed by atoms with Gasteiger partial charge in [0, 0.05) is 16.8 Å².